The zero-order valence-electron chi connectivity index (χ0n) is 10.6. The third-order valence-corrected chi connectivity index (χ3v) is 3.00. The van der Waals surface area contributed by atoms with Crippen LogP contribution in [0, 0.1) is 0 Å². The highest BCUT2D eigenvalue weighted by Crippen LogP contribution is 2.19. The molecule has 1 aliphatic heterocycles. The van der Waals surface area contributed by atoms with Crippen LogP contribution in [-0.2, 0) is 4.74 Å². The van der Waals surface area contributed by atoms with Gasteiger partial charge in [-0.15, -0.1) is 0 Å². The lowest BCUT2D eigenvalue weighted by Gasteiger charge is -2.20. The summed E-state index contributed by atoms with van der Waals surface area (Å²) in [4.78, 5) is 2.32. The average Bonchev–Trinajstić information content (AvgIpc) is 2.62. The molecule has 0 aliphatic carbocycles. The van der Waals surface area contributed by atoms with Crippen molar-refractivity contribution in [2.75, 3.05) is 26.7 Å². The molecule has 0 bridgehead atoms. The highest BCUT2D eigenvalue weighted by atomic mass is 16.5. The van der Waals surface area contributed by atoms with Crippen molar-refractivity contribution in [3.05, 3.63) is 0 Å². The van der Waals surface area contributed by atoms with E-state index < -0.39 is 0 Å². The molecule has 2 unspecified atom stereocenters. The van der Waals surface area contributed by atoms with E-state index in [4.69, 9.17) is 4.74 Å². The summed E-state index contributed by atoms with van der Waals surface area (Å²) in [5.74, 6) is 0. The standard InChI is InChI=1S/C12H26N2O/c1-5-14(4)9-12-7-6-11(15-12)8-13-10(2)3/h10-13H,5-9H2,1-4H3. The van der Waals surface area contributed by atoms with Crippen LogP contribution in [-0.4, -0.2) is 49.8 Å². The van der Waals surface area contributed by atoms with Crippen LogP contribution in [0.1, 0.15) is 33.6 Å². The van der Waals surface area contributed by atoms with E-state index in [0.29, 0.717) is 18.2 Å². The molecule has 1 fully saturated rings. The Morgan fingerprint density at radius 3 is 2.60 bits per heavy atom. The van der Waals surface area contributed by atoms with E-state index in [1.54, 1.807) is 0 Å². The summed E-state index contributed by atoms with van der Waals surface area (Å²) < 4.78 is 5.98. The van der Waals surface area contributed by atoms with Gasteiger partial charge >= 0.3 is 0 Å². The van der Waals surface area contributed by atoms with Crippen molar-refractivity contribution in [1.29, 1.82) is 0 Å². The molecule has 1 N–H and O–H groups in total. The smallest absolute Gasteiger partial charge is 0.0707 e. The van der Waals surface area contributed by atoms with Gasteiger partial charge in [0.15, 0.2) is 0 Å². The van der Waals surface area contributed by atoms with Gasteiger partial charge in [0, 0.05) is 19.1 Å². The number of rotatable bonds is 6. The fourth-order valence-corrected chi connectivity index (χ4v) is 1.91. The predicted octanol–water partition coefficient (Wildman–Crippen LogP) is 1.48. The Morgan fingerprint density at radius 2 is 2.00 bits per heavy atom. The lowest BCUT2D eigenvalue weighted by Crippen LogP contribution is -2.34. The van der Waals surface area contributed by atoms with Crippen LogP contribution in [0.5, 0.6) is 0 Å². The first-order valence-corrected chi connectivity index (χ1v) is 6.19. The molecule has 0 radical (unpaired) electrons. The molecule has 2 atom stereocenters. The minimum absolute atomic E-state index is 0.433. The van der Waals surface area contributed by atoms with Crippen LogP contribution in [0.4, 0.5) is 0 Å². The largest absolute Gasteiger partial charge is 0.372 e. The van der Waals surface area contributed by atoms with E-state index in [-0.39, 0.29) is 0 Å². The van der Waals surface area contributed by atoms with Crippen molar-refractivity contribution < 1.29 is 4.74 Å². The molecule has 0 aromatic heterocycles. The molecule has 0 aromatic carbocycles. The maximum absolute atomic E-state index is 5.98. The SMILES string of the molecule is CCN(C)CC1CCC(CNC(C)C)O1. The molecular weight excluding hydrogens is 188 g/mol. The van der Waals surface area contributed by atoms with E-state index in [0.717, 1.165) is 19.6 Å². The monoisotopic (exact) mass is 214 g/mol. The lowest BCUT2D eigenvalue weighted by atomic mass is 10.2. The van der Waals surface area contributed by atoms with E-state index in [2.05, 4.69) is 38.0 Å². The zero-order chi connectivity index (χ0) is 11.3. The summed E-state index contributed by atoms with van der Waals surface area (Å²) in [5.41, 5.74) is 0. The maximum atomic E-state index is 5.98. The average molecular weight is 214 g/mol. The third-order valence-electron chi connectivity index (χ3n) is 3.00. The van der Waals surface area contributed by atoms with Crippen molar-refractivity contribution in [2.24, 2.45) is 0 Å². The summed E-state index contributed by atoms with van der Waals surface area (Å²) in [5, 5.41) is 3.44. The van der Waals surface area contributed by atoms with Crippen molar-refractivity contribution in [3.8, 4) is 0 Å². The van der Waals surface area contributed by atoms with Crippen LogP contribution in [0.2, 0.25) is 0 Å². The molecule has 0 amide bonds. The second-order valence-electron chi connectivity index (χ2n) is 4.88. The van der Waals surface area contributed by atoms with Gasteiger partial charge in [0.25, 0.3) is 0 Å². The van der Waals surface area contributed by atoms with E-state index in [1.807, 2.05) is 0 Å². The number of likely N-dealkylation sites (N-methyl/N-ethyl adjacent to an activating group) is 1. The van der Waals surface area contributed by atoms with Gasteiger partial charge in [-0.25, -0.2) is 0 Å². The van der Waals surface area contributed by atoms with Crippen LogP contribution in [0.15, 0.2) is 0 Å². The first kappa shape index (κ1) is 12.9. The van der Waals surface area contributed by atoms with E-state index >= 15 is 0 Å². The van der Waals surface area contributed by atoms with Crippen LogP contribution >= 0.6 is 0 Å². The fraction of sp³-hybridized carbons (Fsp3) is 1.00. The Morgan fingerprint density at radius 1 is 1.33 bits per heavy atom. The molecular formula is C12H26N2O. The zero-order valence-corrected chi connectivity index (χ0v) is 10.6. The Labute approximate surface area is 94.2 Å². The molecule has 1 heterocycles. The molecule has 1 rings (SSSR count). The first-order valence-electron chi connectivity index (χ1n) is 6.19. The summed E-state index contributed by atoms with van der Waals surface area (Å²) in [7, 11) is 2.16. The molecule has 3 heteroatoms. The van der Waals surface area contributed by atoms with Crippen molar-refractivity contribution in [2.45, 2.75) is 51.9 Å². The molecule has 90 valence electrons. The van der Waals surface area contributed by atoms with Gasteiger partial charge in [-0.1, -0.05) is 20.8 Å². The second-order valence-corrected chi connectivity index (χ2v) is 4.88. The summed E-state index contributed by atoms with van der Waals surface area (Å²) in [6, 6.07) is 0.561. The predicted molar refractivity (Wildman–Crippen MR) is 64.2 cm³/mol. The molecule has 0 aromatic rings. The minimum atomic E-state index is 0.433. The molecule has 15 heavy (non-hydrogen) atoms. The van der Waals surface area contributed by atoms with Gasteiger partial charge in [-0.2, -0.15) is 0 Å². The minimum Gasteiger partial charge on any atom is -0.372 e. The normalized spacial score (nSPS) is 26.8. The quantitative estimate of drug-likeness (QED) is 0.725. The van der Waals surface area contributed by atoms with Gasteiger partial charge < -0.3 is 15.0 Å². The van der Waals surface area contributed by atoms with Gasteiger partial charge in [0.05, 0.1) is 12.2 Å². The van der Waals surface area contributed by atoms with Crippen LogP contribution < -0.4 is 5.32 Å². The van der Waals surface area contributed by atoms with Gasteiger partial charge in [-0.05, 0) is 26.4 Å². The van der Waals surface area contributed by atoms with Crippen LogP contribution in [0.25, 0.3) is 0 Å². The lowest BCUT2D eigenvalue weighted by molar-refractivity contribution is 0.0279. The van der Waals surface area contributed by atoms with Crippen molar-refractivity contribution in [3.63, 3.8) is 0 Å². The Bertz CT molecular complexity index is 173. The number of ether oxygens (including phenoxy) is 1. The maximum Gasteiger partial charge on any atom is 0.0707 e. The van der Waals surface area contributed by atoms with E-state index in [1.165, 1.54) is 12.8 Å². The number of nitrogens with zero attached hydrogens (tertiary/aromatic N) is 1. The summed E-state index contributed by atoms with van der Waals surface area (Å²) in [6.07, 6.45) is 3.31. The highest BCUT2D eigenvalue weighted by Gasteiger charge is 2.25. The van der Waals surface area contributed by atoms with E-state index in [9.17, 15) is 0 Å². The highest BCUT2D eigenvalue weighted by molar-refractivity contribution is 4.77. The molecule has 1 aliphatic rings. The fourth-order valence-electron chi connectivity index (χ4n) is 1.91. The molecule has 1 saturated heterocycles. The van der Waals surface area contributed by atoms with Crippen molar-refractivity contribution in [1.82, 2.24) is 10.2 Å². The Hall–Kier alpha value is -0.120. The molecule has 3 nitrogen and oxygen atoms in total. The number of nitrogens with one attached hydrogen (secondary N) is 1. The topological polar surface area (TPSA) is 24.5 Å². The molecule has 0 spiro atoms. The van der Waals surface area contributed by atoms with Gasteiger partial charge in [0.1, 0.15) is 0 Å². The Balaban J connectivity index is 2.15. The van der Waals surface area contributed by atoms with Gasteiger partial charge in [0.2, 0.25) is 0 Å². The third kappa shape index (κ3) is 4.96. The first-order chi connectivity index (χ1) is 7.11. The van der Waals surface area contributed by atoms with Crippen LogP contribution in [0.3, 0.4) is 0 Å². The summed E-state index contributed by atoms with van der Waals surface area (Å²) in [6.45, 7) is 9.73. The summed E-state index contributed by atoms with van der Waals surface area (Å²) >= 11 is 0. The number of hydrogen-bond donors (Lipinski definition) is 1. The Kier molecular flexibility index (Phi) is 5.58. The molecule has 0 saturated carbocycles. The number of hydrogen-bond acceptors (Lipinski definition) is 3. The second kappa shape index (κ2) is 6.46. The van der Waals surface area contributed by atoms with Crippen molar-refractivity contribution >= 4 is 0 Å². The van der Waals surface area contributed by atoms with Gasteiger partial charge in [-0.3, -0.25) is 0 Å².